The minimum atomic E-state index is -5.08. The summed E-state index contributed by atoms with van der Waals surface area (Å²) in [7, 11) is 0. The average Bonchev–Trinajstić information content (AvgIpc) is 3.04. The highest BCUT2D eigenvalue weighted by molar-refractivity contribution is 5.89. The van der Waals surface area contributed by atoms with Crippen molar-refractivity contribution in [3.8, 4) is 0 Å². The number of carbonyl (C=O) groups excluding carboxylic acids is 1. The first-order chi connectivity index (χ1) is 9.09. The number of amides is 1. The Kier molecular flexibility index (Phi) is 4.39. The lowest BCUT2D eigenvalue weighted by molar-refractivity contribution is -0.192. The molecule has 5 N–H and O–H groups in total. The SMILES string of the molecule is NC(=O)C1(N)CC1c1ccccc1.O=C(O)C(F)(F)F. The number of alkyl halides is 3. The molecule has 2 unspecified atom stereocenters. The van der Waals surface area contributed by atoms with Gasteiger partial charge in [-0.05, 0) is 12.0 Å². The van der Waals surface area contributed by atoms with E-state index in [2.05, 4.69) is 0 Å². The molecule has 0 aromatic heterocycles. The Bertz CT molecular complexity index is 504. The second-order valence-electron chi connectivity index (χ2n) is 4.37. The Labute approximate surface area is 112 Å². The van der Waals surface area contributed by atoms with Crippen LogP contribution in [0.4, 0.5) is 13.2 Å². The van der Waals surface area contributed by atoms with Gasteiger partial charge in [0.1, 0.15) is 5.54 Å². The molecule has 20 heavy (non-hydrogen) atoms. The maximum Gasteiger partial charge on any atom is 0.490 e. The second-order valence-corrected chi connectivity index (χ2v) is 4.37. The van der Waals surface area contributed by atoms with Crippen LogP contribution in [0.3, 0.4) is 0 Å². The van der Waals surface area contributed by atoms with Gasteiger partial charge in [-0.2, -0.15) is 13.2 Å². The number of benzene rings is 1. The minimum absolute atomic E-state index is 0.117. The van der Waals surface area contributed by atoms with E-state index < -0.39 is 23.6 Å². The number of carboxylic acid groups (broad SMARTS) is 1. The summed E-state index contributed by atoms with van der Waals surface area (Å²) in [5, 5.41) is 7.12. The maximum absolute atomic E-state index is 11.0. The number of hydrogen-bond donors (Lipinski definition) is 3. The van der Waals surface area contributed by atoms with Gasteiger partial charge in [0.15, 0.2) is 0 Å². The third-order valence-corrected chi connectivity index (χ3v) is 2.91. The predicted molar refractivity (Wildman–Crippen MR) is 63.6 cm³/mol. The molecule has 0 heterocycles. The summed E-state index contributed by atoms with van der Waals surface area (Å²) < 4.78 is 31.7. The van der Waals surface area contributed by atoms with E-state index in [1.165, 1.54) is 0 Å². The molecule has 110 valence electrons. The molecule has 1 fully saturated rings. The number of primary amides is 1. The van der Waals surface area contributed by atoms with Crippen molar-refractivity contribution >= 4 is 11.9 Å². The van der Waals surface area contributed by atoms with E-state index >= 15 is 0 Å². The molecule has 1 aromatic rings. The van der Waals surface area contributed by atoms with Gasteiger partial charge in [-0.1, -0.05) is 30.3 Å². The van der Waals surface area contributed by atoms with Crippen molar-refractivity contribution in [2.45, 2.75) is 24.1 Å². The molecule has 2 atom stereocenters. The third-order valence-electron chi connectivity index (χ3n) is 2.91. The zero-order valence-corrected chi connectivity index (χ0v) is 10.2. The van der Waals surface area contributed by atoms with Crippen molar-refractivity contribution in [2.75, 3.05) is 0 Å². The summed E-state index contributed by atoms with van der Waals surface area (Å²) in [6.45, 7) is 0. The largest absolute Gasteiger partial charge is 0.490 e. The van der Waals surface area contributed by atoms with Gasteiger partial charge < -0.3 is 16.6 Å². The van der Waals surface area contributed by atoms with Crippen LogP contribution in [0.5, 0.6) is 0 Å². The fourth-order valence-electron chi connectivity index (χ4n) is 1.65. The molecule has 0 bridgehead atoms. The molecule has 1 saturated carbocycles. The summed E-state index contributed by atoms with van der Waals surface area (Å²) in [5.41, 5.74) is 11.3. The number of carboxylic acids is 1. The third kappa shape index (κ3) is 3.70. The van der Waals surface area contributed by atoms with Gasteiger partial charge >= 0.3 is 12.1 Å². The Morgan fingerprint density at radius 3 is 2.00 bits per heavy atom. The standard InChI is InChI=1S/C10H12N2O.C2HF3O2/c11-9(13)10(12)6-8(10)7-4-2-1-3-5-7;3-2(4,5)1(6)7/h1-5,8H,6,12H2,(H2,11,13);(H,6,7). The Balaban J connectivity index is 0.000000246. The van der Waals surface area contributed by atoms with Crippen LogP contribution in [0.15, 0.2) is 30.3 Å². The molecule has 2 rings (SSSR count). The van der Waals surface area contributed by atoms with E-state index in [9.17, 15) is 18.0 Å². The first-order valence-electron chi connectivity index (χ1n) is 5.53. The van der Waals surface area contributed by atoms with E-state index in [1.807, 2.05) is 30.3 Å². The quantitative estimate of drug-likeness (QED) is 0.755. The van der Waals surface area contributed by atoms with Gasteiger partial charge in [0.2, 0.25) is 5.91 Å². The summed E-state index contributed by atoms with van der Waals surface area (Å²) in [6, 6.07) is 9.77. The van der Waals surface area contributed by atoms with Crippen LogP contribution in [0.2, 0.25) is 0 Å². The molecular formula is C12H13F3N2O3. The molecule has 0 radical (unpaired) electrons. The first kappa shape index (κ1) is 16.0. The van der Waals surface area contributed by atoms with E-state index in [-0.39, 0.29) is 5.92 Å². The van der Waals surface area contributed by atoms with Crippen LogP contribution >= 0.6 is 0 Å². The van der Waals surface area contributed by atoms with Gasteiger partial charge in [0.05, 0.1) is 0 Å². The summed E-state index contributed by atoms with van der Waals surface area (Å²) >= 11 is 0. The molecule has 0 spiro atoms. The Morgan fingerprint density at radius 2 is 1.70 bits per heavy atom. The van der Waals surface area contributed by atoms with Crippen LogP contribution < -0.4 is 11.5 Å². The Morgan fingerprint density at radius 1 is 1.25 bits per heavy atom. The van der Waals surface area contributed by atoms with Crippen molar-refractivity contribution in [1.29, 1.82) is 0 Å². The first-order valence-corrected chi connectivity index (χ1v) is 5.53. The summed E-state index contributed by atoms with van der Waals surface area (Å²) in [6.07, 6.45) is -4.41. The van der Waals surface area contributed by atoms with Crippen molar-refractivity contribution in [1.82, 2.24) is 0 Å². The zero-order chi connectivity index (χ0) is 15.6. The number of halogens is 3. The van der Waals surface area contributed by atoms with Gasteiger partial charge in [-0.3, -0.25) is 4.79 Å². The topological polar surface area (TPSA) is 106 Å². The molecule has 0 saturated heterocycles. The van der Waals surface area contributed by atoms with Crippen LogP contribution in [0.25, 0.3) is 0 Å². The van der Waals surface area contributed by atoms with Crippen molar-refractivity contribution in [3.05, 3.63) is 35.9 Å². The number of aliphatic carboxylic acids is 1. The fraction of sp³-hybridized carbons (Fsp3) is 0.333. The van der Waals surface area contributed by atoms with Gasteiger partial charge in [0, 0.05) is 5.92 Å². The smallest absolute Gasteiger partial charge is 0.475 e. The highest BCUT2D eigenvalue weighted by Crippen LogP contribution is 2.48. The normalized spacial score (nSPS) is 24.3. The second kappa shape index (κ2) is 5.49. The van der Waals surface area contributed by atoms with Crippen molar-refractivity contribution in [2.24, 2.45) is 11.5 Å². The lowest BCUT2D eigenvalue weighted by Gasteiger charge is -2.05. The van der Waals surface area contributed by atoms with Crippen LogP contribution in [-0.4, -0.2) is 28.7 Å². The molecule has 8 heteroatoms. The zero-order valence-electron chi connectivity index (χ0n) is 10.2. The fourth-order valence-corrected chi connectivity index (χ4v) is 1.65. The number of carbonyl (C=O) groups is 2. The molecular weight excluding hydrogens is 277 g/mol. The van der Waals surface area contributed by atoms with Crippen LogP contribution in [0.1, 0.15) is 17.9 Å². The summed E-state index contributed by atoms with van der Waals surface area (Å²) in [4.78, 5) is 19.9. The van der Waals surface area contributed by atoms with Gasteiger partial charge in [0.25, 0.3) is 0 Å². The van der Waals surface area contributed by atoms with E-state index in [4.69, 9.17) is 21.4 Å². The van der Waals surface area contributed by atoms with Crippen LogP contribution in [-0.2, 0) is 9.59 Å². The van der Waals surface area contributed by atoms with Crippen molar-refractivity contribution < 1.29 is 27.9 Å². The summed E-state index contributed by atoms with van der Waals surface area (Å²) in [5.74, 6) is -3.04. The maximum atomic E-state index is 11.0. The molecule has 1 aliphatic rings. The highest BCUT2D eigenvalue weighted by Gasteiger charge is 2.56. The number of rotatable bonds is 2. The molecule has 5 nitrogen and oxygen atoms in total. The predicted octanol–water partition coefficient (Wildman–Crippen LogP) is 0.990. The lowest BCUT2D eigenvalue weighted by atomic mass is 10.1. The van der Waals surface area contributed by atoms with E-state index in [0.717, 1.165) is 5.56 Å². The van der Waals surface area contributed by atoms with E-state index in [1.54, 1.807) is 0 Å². The molecule has 1 amide bonds. The molecule has 1 aliphatic carbocycles. The number of nitrogens with two attached hydrogens (primary N) is 2. The molecule has 1 aromatic carbocycles. The lowest BCUT2D eigenvalue weighted by Crippen LogP contribution is -2.40. The Hall–Kier alpha value is -2.09. The monoisotopic (exact) mass is 290 g/mol. The van der Waals surface area contributed by atoms with Gasteiger partial charge in [-0.15, -0.1) is 0 Å². The highest BCUT2D eigenvalue weighted by atomic mass is 19.4. The van der Waals surface area contributed by atoms with Crippen molar-refractivity contribution in [3.63, 3.8) is 0 Å². The minimum Gasteiger partial charge on any atom is -0.475 e. The van der Waals surface area contributed by atoms with Crippen LogP contribution in [0, 0.1) is 0 Å². The van der Waals surface area contributed by atoms with Gasteiger partial charge in [-0.25, -0.2) is 4.79 Å². The average molecular weight is 290 g/mol. The van der Waals surface area contributed by atoms with E-state index in [0.29, 0.717) is 6.42 Å². The molecule has 0 aliphatic heterocycles. The number of hydrogen-bond acceptors (Lipinski definition) is 3.